The number of para-hydroxylation sites is 1. The van der Waals surface area contributed by atoms with Crippen LogP contribution in [0.25, 0.3) is 5.69 Å². The summed E-state index contributed by atoms with van der Waals surface area (Å²) in [5.74, 6) is -0.596. The Bertz CT molecular complexity index is 1350. The van der Waals surface area contributed by atoms with Crippen molar-refractivity contribution in [1.82, 2.24) is 14.7 Å². The zero-order chi connectivity index (χ0) is 24.4. The van der Waals surface area contributed by atoms with Gasteiger partial charge in [-0.25, -0.2) is 13.5 Å². The van der Waals surface area contributed by atoms with Crippen LogP contribution in [0.2, 0.25) is 0 Å². The van der Waals surface area contributed by atoms with Crippen molar-refractivity contribution in [2.24, 2.45) is 0 Å². The molecule has 7 heteroatoms. The molecule has 4 aromatic rings. The molecule has 0 atom stereocenters. The predicted molar refractivity (Wildman–Crippen MR) is 129 cm³/mol. The van der Waals surface area contributed by atoms with E-state index in [0.29, 0.717) is 18.1 Å². The van der Waals surface area contributed by atoms with Gasteiger partial charge in [0.25, 0.3) is 5.91 Å². The summed E-state index contributed by atoms with van der Waals surface area (Å²) in [4.78, 5) is 15.1. The number of nitrogens with zero attached hydrogens (tertiary/aromatic N) is 3. The highest BCUT2D eigenvalue weighted by Gasteiger charge is 2.36. The minimum Gasteiger partial charge on any atom is -0.438 e. The molecule has 35 heavy (non-hydrogen) atoms. The van der Waals surface area contributed by atoms with E-state index in [1.165, 1.54) is 24.3 Å². The minimum absolute atomic E-state index is 0.0221. The Morgan fingerprint density at radius 1 is 1.03 bits per heavy atom. The molecule has 3 aromatic carbocycles. The van der Waals surface area contributed by atoms with Gasteiger partial charge in [0.05, 0.1) is 29.1 Å². The van der Waals surface area contributed by atoms with Gasteiger partial charge in [-0.05, 0) is 55.7 Å². The predicted octanol–water partition coefficient (Wildman–Crippen LogP) is 6.31. The lowest BCUT2D eigenvalue weighted by Gasteiger charge is -2.23. The first-order valence-corrected chi connectivity index (χ1v) is 11.7. The summed E-state index contributed by atoms with van der Waals surface area (Å²) >= 11 is 0. The fourth-order valence-corrected chi connectivity index (χ4v) is 4.12. The monoisotopic (exact) mass is 473 g/mol. The maximum atomic E-state index is 14.5. The molecule has 0 saturated heterocycles. The van der Waals surface area contributed by atoms with Crippen molar-refractivity contribution in [2.75, 3.05) is 0 Å². The first-order chi connectivity index (χ1) is 17.0. The molecule has 1 aromatic heterocycles. The number of halogens is 2. The normalized spacial score (nSPS) is 13.0. The largest absolute Gasteiger partial charge is 0.438 e. The highest BCUT2D eigenvalue weighted by atomic mass is 19.1. The molecule has 1 aliphatic rings. The maximum absolute atomic E-state index is 14.5. The summed E-state index contributed by atoms with van der Waals surface area (Å²) in [7, 11) is 0. The van der Waals surface area contributed by atoms with Crippen LogP contribution in [0.3, 0.4) is 0 Å². The van der Waals surface area contributed by atoms with Crippen molar-refractivity contribution in [3.8, 4) is 17.3 Å². The number of hydrogen-bond acceptors (Lipinski definition) is 3. The Labute approximate surface area is 202 Å². The molecule has 0 N–H and O–H groups in total. The molecule has 0 radical (unpaired) electrons. The van der Waals surface area contributed by atoms with Crippen LogP contribution in [-0.4, -0.2) is 26.6 Å². The van der Waals surface area contributed by atoms with E-state index in [0.717, 1.165) is 29.8 Å². The summed E-state index contributed by atoms with van der Waals surface area (Å²) in [5, 5.41) is 4.79. The number of rotatable bonds is 8. The molecule has 5 nitrogen and oxygen atoms in total. The second-order valence-corrected chi connectivity index (χ2v) is 8.53. The van der Waals surface area contributed by atoms with Crippen molar-refractivity contribution in [3.05, 3.63) is 107 Å². The zero-order valence-electron chi connectivity index (χ0n) is 19.3. The summed E-state index contributed by atoms with van der Waals surface area (Å²) in [6.07, 6.45) is 2.31. The van der Waals surface area contributed by atoms with Crippen LogP contribution in [0.4, 0.5) is 8.78 Å². The van der Waals surface area contributed by atoms with E-state index in [1.807, 2.05) is 37.3 Å². The Hall–Kier alpha value is -4.00. The number of ether oxygens (including phenoxy) is 1. The highest BCUT2D eigenvalue weighted by Crippen LogP contribution is 2.36. The van der Waals surface area contributed by atoms with Crippen LogP contribution < -0.4 is 4.74 Å². The number of aryl methyl sites for hydroxylation is 1. The molecule has 0 spiro atoms. The van der Waals surface area contributed by atoms with E-state index in [9.17, 15) is 13.6 Å². The number of hydrogen-bond donors (Lipinski definition) is 0. The molecular formula is C28H25F2N3O2. The van der Waals surface area contributed by atoms with Gasteiger partial charge in [0.15, 0.2) is 0 Å². The van der Waals surface area contributed by atoms with E-state index < -0.39 is 11.6 Å². The lowest BCUT2D eigenvalue weighted by Crippen LogP contribution is -2.33. The van der Waals surface area contributed by atoms with E-state index in [1.54, 1.807) is 33.8 Å². The SMILES string of the molecule is CCc1nn(-c2ccccc2)c(Oc2cccc(F)c2)c1CN(C(=O)c1ccccc1F)C1CC1. The van der Waals surface area contributed by atoms with Gasteiger partial charge in [0.1, 0.15) is 17.4 Å². The van der Waals surface area contributed by atoms with Gasteiger partial charge in [-0.1, -0.05) is 43.3 Å². The quantitative estimate of drug-likeness (QED) is 0.301. The first-order valence-electron chi connectivity index (χ1n) is 11.7. The second kappa shape index (κ2) is 9.70. The average molecular weight is 474 g/mol. The molecule has 1 amide bonds. The summed E-state index contributed by atoms with van der Waals surface area (Å²) in [6.45, 7) is 2.19. The van der Waals surface area contributed by atoms with Gasteiger partial charge in [0.2, 0.25) is 5.88 Å². The van der Waals surface area contributed by atoms with E-state index in [4.69, 9.17) is 9.84 Å². The van der Waals surface area contributed by atoms with E-state index >= 15 is 0 Å². The number of carbonyl (C=O) groups excluding carboxylic acids is 1. The molecule has 0 aliphatic heterocycles. The van der Waals surface area contributed by atoms with Crippen LogP contribution in [0.1, 0.15) is 41.4 Å². The molecule has 1 heterocycles. The Balaban J connectivity index is 1.59. The Morgan fingerprint density at radius 3 is 2.46 bits per heavy atom. The maximum Gasteiger partial charge on any atom is 0.257 e. The third-order valence-electron chi connectivity index (χ3n) is 6.05. The summed E-state index contributed by atoms with van der Waals surface area (Å²) in [5.41, 5.74) is 2.29. The standard InChI is InChI=1S/C28H25F2N3O2/c1-2-26-24(18-32(20-15-16-20)27(34)23-13-6-7-14-25(23)30)28(35-22-12-8-9-19(29)17-22)33(31-26)21-10-4-3-5-11-21/h3-14,17,20H,2,15-16,18H2,1H3. The zero-order valence-corrected chi connectivity index (χ0v) is 19.3. The van der Waals surface area contributed by atoms with Crippen molar-refractivity contribution in [3.63, 3.8) is 0 Å². The van der Waals surface area contributed by atoms with Crippen molar-refractivity contribution >= 4 is 5.91 Å². The fourth-order valence-electron chi connectivity index (χ4n) is 4.12. The molecule has 5 rings (SSSR count). The van der Waals surface area contributed by atoms with Gasteiger partial charge < -0.3 is 9.64 Å². The van der Waals surface area contributed by atoms with Gasteiger partial charge in [0, 0.05) is 12.1 Å². The summed E-state index contributed by atoms with van der Waals surface area (Å²) < 4.78 is 36.3. The van der Waals surface area contributed by atoms with Gasteiger partial charge in [-0.2, -0.15) is 5.10 Å². The smallest absolute Gasteiger partial charge is 0.257 e. The lowest BCUT2D eigenvalue weighted by atomic mass is 10.1. The summed E-state index contributed by atoms with van der Waals surface area (Å²) in [6, 6.07) is 21.4. The fraction of sp³-hybridized carbons (Fsp3) is 0.214. The molecule has 0 bridgehead atoms. The third-order valence-corrected chi connectivity index (χ3v) is 6.05. The van der Waals surface area contributed by atoms with E-state index in [-0.39, 0.29) is 24.1 Å². The van der Waals surface area contributed by atoms with Crippen molar-refractivity contribution in [1.29, 1.82) is 0 Å². The van der Waals surface area contributed by atoms with Gasteiger partial charge in [-0.3, -0.25) is 4.79 Å². The second-order valence-electron chi connectivity index (χ2n) is 8.53. The van der Waals surface area contributed by atoms with Crippen LogP contribution >= 0.6 is 0 Å². The molecule has 1 fully saturated rings. The molecular weight excluding hydrogens is 448 g/mol. The lowest BCUT2D eigenvalue weighted by molar-refractivity contribution is 0.0724. The van der Waals surface area contributed by atoms with Gasteiger partial charge in [-0.15, -0.1) is 0 Å². The third kappa shape index (κ3) is 4.80. The Morgan fingerprint density at radius 2 is 1.77 bits per heavy atom. The highest BCUT2D eigenvalue weighted by molar-refractivity contribution is 5.95. The first kappa shape index (κ1) is 22.8. The molecule has 0 unspecified atom stereocenters. The van der Waals surface area contributed by atoms with Crippen LogP contribution in [0.5, 0.6) is 11.6 Å². The molecule has 1 saturated carbocycles. The average Bonchev–Trinajstić information content (AvgIpc) is 3.66. The molecule has 178 valence electrons. The minimum atomic E-state index is -0.546. The van der Waals surface area contributed by atoms with Crippen molar-refractivity contribution < 1.29 is 18.3 Å². The van der Waals surface area contributed by atoms with Crippen LogP contribution in [0, 0.1) is 11.6 Å². The van der Waals surface area contributed by atoms with Gasteiger partial charge >= 0.3 is 0 Å². The number of benzene rings is 3. The van der Waals surface area contributed by atoms with E-state index in [2.05, 4.69) is 0 Å². The van der Waals surface area contributed by atoms with Crippen molar-refractivity contribution in [2.45, 2.75) is 38.8 Å². The molecule has 1 aliphatic carbocycles. The number of carbonyl (C=O) groups is 1. The Kier molecular flexibility index (Phi) is 6.31. The van der Waals surface area contributed by atoms with Crippen LogP contribution in [0.15, 0.2) is 78.9 Å². The number of aromatic nitrogens is 2. The topological polar surface area (TPSA) is 47.4 Å². The van der Waals surface area contributed by atoms with Crippen LogP contribution in [-0.2, 0) is 13.0 Å². The number of amides is 1.